The minimum absolute atomic E-state index is 0.0938. The monoisotopic (exact) mass is 442 g/mol. The quantitative estimate of drug-likeness (QED) is 0.521. The topological polar surface area (TPSA) is 81.5 Å². The first-order valence-corrected chi connectivity index (χ1v) is 8.06. The third-order valence-corrected chi connectivity index (χ3v) is 4.03. The summed E-state index contributed by atoms with van der Waals surface area (Å²) in [5.74, 6) is 0.578. The summed E-state index contributed by atoms with van der Waals surface area (Å²) in [4.78, 5) is 21.8. The molecular formula is C15H12Br2N2O4. The van der Waals surface area contributed by atoms with Crippen LogP contribution in [0, 0.1) is 17.0 Å². The molecule has 0 unspecified atom stereocenters. The van der Waals surface area contributed by atoms with Gasteiger partial charge in [-0.05, 0) is 46.6 Å². The summed E-state index contributed by atoms with van der Waals surface area (Å²) < 4.78 is 7.42. The zero-order valence-corrected chi connectivity index (χ0v) is 15.4. The van der Waals surface area contributed by atoms with Crippen molar-refractivity contribution in [2.24, 2.45) is 0 Å². The second-order valence-corrected chi connectivity index (χ2v) is 6.52. The molecule has 0 fully saturated rings. The molecule has 2 rings (SSSR count). The summed E-state index contributed by atoms with van der Waals surface area (Å²) in [5.41, 5.74) is 0.497. The second-order valence-electron chi connectivity index (χ2n) is 4.75. The average molecular weight is 444 g/mol. The van der Waals surface area contributed by atoms with Crippen molar-refractivity contribution in [2.75, 3.05) is 5.32 Å². The number of nitro groups is 1. The molecule has 0 heterocycles. The minimum Gasteiger partial charge on any atom is -0.456 e. The van der Waals surface area contributed by atoms with Crippen molar-refractivity contribution in [1.82, 2.24) is 0 Å². The number of amides is 1. The van der Waals surface area contributed by atoms with Gasteiger partial charge in [0.15, 0.2) is 0 Å². The van der Waals surface area contributed by atoms with Crippen molar-refractivity contribution in [1.29, 1.82) is 0 Å². The first-order chi connectivity index (χ1) is 10.8. The van der Waals surface area contributed by atoms with Crippen LogP contribution < -0.4 is 10.1 Å². The number of aryl methyl sites for hydroxylation is 1. The summed E-state index contributed by atoms with van der Waals surface area (Å²) in [6.45, 7) is 2.99. The summed E-state index contributed by atoms with van der Waals surface area (Å²) in [5, 5.41) is 13.6. The van der Waals surface area contributed by atoms with Gasteiger partial charge in [-0.25, -0.2) is 0 Å². The van der Waals surface area contributed by atoms with Gasteiger partial charge in [-0.1, -0.05) is 15.9 Å². The molecule has 23 heavy (non-hydrogen) atoms. The number of ether oxygens (including phenoxy) is 1. The third kappa shape index (κ3) is 4.29. The van der Waals surface area contributed by atoms with E-state index in [1.807, 2.05) is 12.1 Å². The molecule has 0 aliphatic rings. The predicted molar refractivity (Wildman–Crippen MR) is 94.1 cm³/mol. The van der Waals surface area contributed by atoms with Crippen LogP contribution in [0.4, 0.5) is 11.4 Å². The number of rotatable bonds is 4. The fourth-order valence-corrected chi connectivity index (χ4v) is 3.03. The first-order valence-electron chi connectivity index (χ1n) is 6.47. The number of anilines is 1. The summed E-state index contributed by atoms with van der Waals surface area (Å²) in [6.07, 6.45) is 0. The Kier molecular flexibility index (Phi) is 5.38. The molecule has 0 saturated carbocycles. The summed E-state index contributed by atoms with van der Waals surface area (Å²) >= 11 is 6.75. The molecule has 0 saturated heterocycles. The fraction of sp³-hybridized carbons (Fsp3) is 0.133. The van der Waals surface area contributed by atoms with Crippen molar-refractivity contribution in [2.45, 2.75) is 13.8 Å². The van der Waals surface area contributed by atoms with Crippen molar-refractivity contribution in [3.8, 4) is 11.5 Å². The number of nitrogens with one attached hydrogen (secondary N) is 1. The lowest BCUT2D eigenvalue weighted by molar-refractivity contribution is -0.384. The number of benzene rings is 2. The molecule has 0 bridgehead atoms. The third-order valence-electron chi connectivity index (χ3n) is 2.91. The van der Waals surface area contributed by atoms with Gasteiger partial charge in [0.1, 0.15) is 17.2 Å². The maximum atomic E-state index is 11.2. The molecule has 2 aromatic rings. The number of nitro benzene ring substituents is 1. The highest BCUT2D eigenvalue weighted by molar-refractivity contribution is 9.11. The van der Waals surface area contributed by atoms with Crippen LogP contribution in [0.1, 0.15) is 12.5 Å². The highest BCUT2D eigenvalue weighted by atomic mass is 79.9. The minimum atomic E-state index is -0.544. The van der Waals surface area contributed by atoms with Crippen molar-refractivity contribution in [3.63, 3.8) is 0 Å². The largest absolute Gasteiger partial charge is 0.456 e. The lowest BCUT2D eigenvalue weighted by Crippen LogP contribution is -2.08. The van der Waals surface area contributed by atoms with Gasteiger partial charge >= 0.3 is 0 Å². The van der Waals surface area contributed by atoms with E-state index >= 15 is 0 Å². The molecule has 0 aliphatic heterocycles. The molecule has 120 valence electrons. The SMILES string of the molecule is CC(=O)Nc1cc(Oc2ccc(Br)cc2Br)c(C)cc1[N+](=O)[O-]. The standard InChI is InChI=1S/C15H12Br2N2O4/c1-8-5-13(19(21)22)12(18-9(2)20)7-15(8)23-14-4-3-10(16)6-11(14)17/h3-7H,1-2H3,(H,18,20). The Hall–Kier alpha value is -1.93. The van der Waals surface area contributed by atoms with Crippen molar-refractivity contribution >= 4 is 49.1 Å². The van der Waals surface area contributed by atoms with Gasteiger partial charge in [-0.2, -0.15) is 0 Å². The Bertz CT molecular complexity index is 793. The number of carbonyl (C=O) groups excluding carboxylic acids is 1. The molecular weight excluding hydrogens is 432 g/mol. The smallest absolute Gasteiger partial charge is 0.293 e. The van der Waals surface area contributed by atoms with E-state index in [4.69, 9.17) is 4.74 Å². The number of hydrogen-bond acceptors (Lipinski definition) is 4. The van der Waals surface area contributed by atoms with E-state index in [0.717, 1.165) is 8.95 Å². The highest BCUT2D eigenvalue weighted by Gasteiger charge is 2.19. The van der Waals surface area contributed by atoms with Gasteiger partial charge < -0.3 is 10.1 Å². The Morgan fingerprint density at radius 1 is 1.22 bits per heavy atom. The highest BCUT2D eigenvalue weighted by Crippen LogP contribution is 2.37. The van der Waals surface area contributed by atoms with Gasteiger partial charge in [-0.15, -0.1) is 0 Å². The lowest BCUT2D eigenvalue weighted by Gasteiger charge is -2.13. The zero-order valence-electron chi connectivity index (χ0n) is 12.2. The molecule has 1 N–H and O–H groups in total. The van der Waals surface area contributed by atoms with Gasteiger partial charge in [0.05, 0.1) is 9.40 Å². The summed E-state index contributed by atoms with van der Waals surface area (Å²) in [6, 6.07) is 8.21. The van der Waals surface area contributed by atoms with Crippen LogP contribution in [0.3, 0.4) is 0 Å². The maximum Gasteiger partial charge on any atom is 0.293 e. The van der Waals surface area contributed by atoms with Crippen LogP contribution in [-0.2, 0) is 4.79 Å². The normalized spacial score (nSPS) is 10.3. The molecule has 8 heteroatoms. The van der Waals surface area contributed by atoms with Gasteiger partial charge in [0.2, 0.25) is 5.91 Å². The fourth-order valence-electron chi connectivity index (χ4n) is 1.90. The van der Waals surface area contributed by atoms with Gasteiger partial charge in [0.25, 0.3) is 5.69 Å². The van der Waals surface area contributed by atoms with E-state index in [-0.39, 0.29) is 11.4 Å². The van der Waals surface area contributed by atoms with Crippen molar-refractivity contribution < 1.29 is 14.5 Å². The molecule has 0 radical (unpaired) electrons. The second kappa shape index (κ2) is 7.10. The van der Waals surface area contributed by atoms with Crippen LogP contribution in [-0.4, -0.2) is 10.8 Å². The van der Waals surface area contributed by atoms with Gasteiger partial charge in [0, 0.05) is 23.5 Å². The Morgan fingerprint density at radius 3 is 2.48 bits per heavy atom. The molecule has 0 atom stereocenters. The number of nitrogens with zero attached hydrogens (tertiary/aromatic N) is 1. The van der Waals surface area contributed by atoms with E-state index < -0.39 is 10.8 Å². The molecule has 1 amide bonds. The molecule has 6 nitrogen and oxygen atoms in total. The van der Waals surface area contributed by atoms with E-state index in [1.54, 1.807) is 13.0 Å². The summed E-state index contributed by atoms with van der Waals surface area (Å²) in [7, 11) is 0. The van der Waals surface area contributed by atoms with E-state index in [2.05, 4.69) is 37.2 Å². The van der Waals surface area contributed by atoms with E-state index in [9.17, 15) is 14.9 Å². The average Bonchev–Trinajstić information content (AvgIpc) is 2.44. The molecule has 0 aromatic heterocycles. The number of hydrogen-bond donors (Lipinski definition) is 1. The maximum absolute atomic E-state index is 11.2. The van der Waals surface area contributed by atoms with Crippen LogP contribution in [0.25, 0.3) is 0 Å². The molecule has 0 spiro atoms. The number of halogens is 2. The van der Waals surface area contributed by atoms with Crippen LogP contribution in [0.5, 0.6) is 11.5 Å². The van der Waals surface area contributed by atoms with E-state index in [1.165, 1.54) is 19.1 Å². The predicted octanol–water partition coefficient (Wildman–Crippen LogP) is 5.18. The zero-order chi connectivity index (χ0) is 17.1. The van der Waals surface area contributed by atoms with Crippen LogP contribution >= 0.6 is 31.9 Å². The van der Waals surface area contributed by atoms with E-state index in [0.29, 0.717) is 17.1 Å². The van der Waals surface area contributed by atoms with Gasteiger partial charge in [-0.3, -0.25) is 14.9 Å². The Morgan fingerprint density at radius 2 is 1.91 bits per heavy atom. The molecule has 0 aliphatic carbocycles. The Balaban J connectivity index is 2.45. The molecule has 2 aromatic carbocycles. The lowest BCUT2D eigenvalue weighted by atomic mass is 10.1. The number of carbonyl (C=O) groups is 1. The Labute approximate surface area is 149 Å². The van der Waals surface area contributed by atoms with Crippen molar-refractivity contribution in [3.05, 3.63) is 55.0 Å². The van der Waals surface area contributed by atoms with Crippen LogP contribution in [0.15, 0.2) is 39.3 Å². The first kappa shape index (κ1) is 17.4. The van der Waals surface area contributed by atoms with Crippen LogP contribution in [0.2, 0.25) is 0 Å².